The highest BCUT2D eigenvalue weighted by Gasteiger charge is 2.22. The molecule has 29 heavy (non-hydrogen) atoms. The van der Waals surface area contributed by atoms with E-state index in [0.29, 0.717) is 0 Å². The largest absolute Gasteiger partial charge is 0.372 e. The van der Waals surface area contributed by atoms with E-state index in [-0.39, 0.29) is 6.03 Å². The van der Waals surface area contributed by atoms with Crippen LogP contribution in [0.2, 0.25) is 0 Å². The number of carbonyl (C=O) groups excluding carboxylic acids is 1. The molecule has 154 valence electrons. The molecular formula is C24H32N4O. The molecule has 0 spiro atoms. The minimum atomic E-state index is -0.00111. The molecule has 2 aromatic carbocycles. The van der Waals surface area contributed by atoms with Crippen LogP contribution in [0.5, 0.6) is 0 Å². The molecule has 5 heteroatoms. The molecule has 1 N–H and O–H groups in total. The SMILES string of the molecule is Cc1ccc(C)c(NC(=O)N2CCN(c3ccc(N4CCCCC4)cc3)CC2)c1. The van der Waals surface area contributed by atoms with Crippen LogP contribution in [0.1, 0.15) is 30.4 Å². The smallest absolute Gasteiger partial charge is 0.321 e. The number of amides is 2. The minimum absolute atomic E-state index is 0.00111. The van der Waals surface area contributed by atoms with Crippen molar-refractivity contribution in [2.45, 2.75) is 33.1 Å². The van der Waals surface area contributed by atoms with E-state index in [1.54, 1.807) is 0 Å². The Morgan fingerprint density at radius 2 is 1.34 bits per heavy atom. The van der Waals surface area contributed by atoms with E-state index >= 15 is 0 Å². The Labute approximate surface area is 174 Å². The first-order valence-corrected chi connectivity index (χ1v) is 10.8. The summed E-state index contributed by atoms with van der Waals surface area (Å²) in [6.45, 7) is 9.63. The van der Waals surface area contributed by atoms with Gasteiger partial charge >= 0.3 is 6.03 Å². The fraction of sp³-hybridized carbons (Fsp3) is 0.458. The summed E-state index contributed by atoms with van der Waals surface area (Å²) in [5.41, 5.74) is 5.74. The summed E-state index contributed by atoms with van der Waals surface area (Å²) in [5.74, 6) is 0. The van der Waals surface area contributed by atoms with Crippen LogP contribution in [-0.2, 0) is 0 Å². The molecule has 0 radical (unpaired) electrons. The number of piperazine rings is 1. The number of anilines is 3. The van der Waals surface area contributed by atoms with E-state index in [4.69, 9.17) is 0 Å². The van der Waals surface area contributed by atoms with Crippen molar-refractivity contribution in [2.24, 2.45) is 0 Å². The lowest BCUT2D eigenvalue weighted by Gasteiger charge is -2.36. The van der Waals surface area contributed by atoms with Gasteiger partial charge in [0.1, 0.15) is 0 Å². The number of benzene rings is 2. The lowest BCUT2D eigenvalue weighted by atomic mass is 10.1. The van der Waals surface area contributed by atoms with E-state index in [1.807, 2.05) is 24.8 Å². The fourth-order valence-corrected chi connectivity index (χ4v) is 4.26. The van der Waals surface area contributed by atoms with Crippen LogP contribution >= 0.6 is 0 Å². The van der Waals surface area contributed by atoms with E-state index < -0.39 is 0 Å². The van der Waals surface area contributed by atoms with Crippen LogP contribution in [0.4, 0.5) is 21.9 Å². The Bertz CT molecular complexity index is 834. The van der Waals surface area contributed by atoms with Gasteiger partial charge in [-0.3, -0.25) is 0 Å². The van der Waals surface area contributed by atoms with Gasteiger partial charge in [-0.05, 0) is 74.6 Å². The highest BCUT2D eigenvalue weighted by molar-refractivity contribution is 5.90. The van der Waals surface area contributed by atoms with Crippen molar-refractivity contribution in [3.63, 3.8) is 0 Å². The zero-order valence-corrected chi connectivity index (χ0v) is 17.7. The van der Waals surface area contributed by atoms with Crippen molar-refractivity contribution < 1.29 is 4.79 Å². The van der Waals surface area contributed by atoms with Gasteiger partial charge in [-0.2, -0.15) is 0 Å². The Balaban J connectivity index is 1.32. The highest BCUT2D eigenvalue weighted by atomic mass is 16.2. The second-order valence-electron chi connectivity index (χ2n) is 8.29. The fourth-order valence-electron chi connectivity index (χ4n) is 4.26. The normalized spacial score (nSPS) is 17.4. The van der Waals surface area contributed by atoms with Crippen molar-refractivity contribution >= 4 is 23.1 Å². The maximum absolute atomic E-state index is 12.7. The third kappa shape index (κ3) is 4.66. The molecule has 2 aliphatic heterocycles. The molecular weight excluding hydrogens is 360 g/mol. The van der Waals surface area contributed by atoms with E-state index in [1.165, 1.54) is 43.7 Å². The number of aryl methyl sites for hydroxylation is 2. The molecule has 0 unspecified atom stereocenters. The summed E-state index contributed by atoms with van der Waals surface area (Å²) < 4.78 is 0. The summed E-state index contributed by atoms with van der Waals surface area (Å²) in [6, 6.07) is 15.1. The Hall–Kier alpha value is -2.69. The maximum atomic E-state index is 12.7. The van der Waals surface area contributed by atoms with Gasteiger partial charge in [0, 0.05) is 56.3 Å². The molecule has 2 amide bonds. The first-order valence-electron chi connectivity index (χ1n) is 10.8. The van der Waals surface area contributed by atoms with Crippen molar-refractivity contribution in [3.8, 4) is 0 Å². The first kappa shape index (κ1) is 19.6. The quantitative estimate of drug-likeness (QED) is 0.826. The highest BCUT2D eigenvalue weighted by Crippen LogP contribution is 2.24. The van der Waals surface area contributed by atoms with E-state index in [0.717, 1.165) is 43.0 Å². The average Bonchev–Trinajstić information content (AvgIpc) is 2.77. The zero-order valence-electron chi connectivity index (χ0n) is 17.7. The predicted molar refractivity (Wildman–Crippen MR) is 121 cm³/mol. The van der Waals surface area contributed by atoms with E-state index in [9.17, 15) is 4.79 Å². The number of hydrogen-bond acceptors (Lipinski definition) is 3. The van der Waals surface area contributed by atoms with Gasteiger partial charge in [0.05, 0.1) is 0 Å². The van der Waals surface area contributed by atoms with Crippen molar-refractivity contribution in [2.75, 3.05) is 54.4 Å². The summed E-state index contributed by atoms with van der Waals surface area (Å²) >= 11 is 0. The van der Waals surface area contributed by atoms with Gasteiger partial charge in [0.2, 0.25) is 0 Å². The molecule has 2 fully saturated rings. The molecule has 2 aromatic rings. The summed E-state index contributed by atoms with van der Waals surface area (Å²) in [7, 11) is 0. The Morgan fingerprint density at radius 3 is 1.97 bits per heavy atom. The summed E-state index contributed by atoms with van der Waals surface area (Å²) in [5, 5.41) is 3.08. The van der Waals surface area contributed by atoms with Crippen LogP contribution in [-0.4, -0.2) is 50.2 Å². The van der Waals surface area contributed by atoms with Crippen LogP contribution < -0.4 is 15.1 Å². The average molecular weight is 393 g/mol. The monoisotopic (exact) mass is 392 g/mol. The van der Waals surface area contributed by atoms with Crippen LogP contribution in [0.25, 0.3) is 0 Å². The number of nitrogens with one attached hydrogen (secondary N) is 1. The molecule has 0 aromatic heterocycles. The van der Waals surface area contributed by atoms with Crippen molar-refractivity contribution in [1.29, 1.82) is 0 Å². The third-order valence-corrected chi connectivity index (χ3v) is 6.14. The van der Waals surface area contributed by atoms with Gasteiger partial charge in [-0.15, -0.1) is 0 Å². The third-order valence-electron chi connectivity index (χ3n) is 6.14. The number of hydrogen-bond donors (Lipinski definition) is 1. The topological polar surface area (TPSA) is 38.8 Å². The lowest BCUT2D eigenvalue weighted by molar-refractivity contribution is 0.208. The van der Waals surface area contributed by atoms with Crippen molar-refractivity contribution in [3.05, 3.63) is 53.6 Å². The predicted octanol–water partition coefficient (Wildman–Crippen LogP) is 4.65. The van der Waals surface area contributed by atoms with Gasteiger partial charge in [-0.25, -0.2) is 4.79 Å². The Kier molecular flexibility index (Phi) is 5.93. The lowest BCUT2D eigenvalue weighted by Crippen LogP contribution is -2.50. The van der Waals surface area contributed by atoms with E-state index in [2.05, 4.69) is 51.5 Å². The molecule has 0 saturated carbocycles. The van der Waals surface area contributed by atoms with Gasteiger partial charge < -0.3 is 20.0 Å². The second kappa shape index (κ2) is 8.76. The minimum Gasteiger partial charge on any atom is -0.372 e. The first-order chi connectivity index (χ1) is 14.1. The molecule has 4 rings (SSSR count). The summed E-state index contributed by atoms with van der Waals surface area (Å²) in [6.07, 6.45) is 3.96. The molecule has 2 aliphatic rings. The molecule has 2 saturated heterocycles. The molecule has 0 bridgehead atoms. The van der Waals surface area contributed by atoms with Crippen molar-refractivity contribution in [1.82, 2.24) is 4.90 Å². The van der Waals surface area contributed by atoms with Crippen LogP contribution in [0.15, 0.2) is 42.5 Å². The number of nitrogens with zero attached hydrogens (tertiary/aromatic N) is 3. The number of piperidine rings is 1. The van der Waals surface area contributed by atoms with Gasteiger partial charge in [0.25, 0.3) is 0 Å². The van der Waals surface area contributed by atoms with Gasteiger partial charge in [-0.1, -0.05) is 12.1 Å². The van der Waals surface area contributed by atoms with Gasteiger partial charge in [0.15, 0.2) is 0 Å². The molecule has 2 heterocycles. The van der Waals surface area contributed by atoms with Crippen LogP contribution in [0.3, 0.4) is 0 Å². The second-order valence-corrected chi connectivity index (χ2v) is 8.29. The Morgan fingerprint density at radius 1 is 0.759 bits per heavy atom. The number of carbonyl (C=O) groups is 1. The summed E-state index contributed by atoms with van der Waals surface area (Å²) in [4.78, 5) is 19.5. The number of urea groups is 1. The standard InChI is InChI=1S/C24H32N4O/c1-19-6-7-20(2)23(18-19)25-24(29)28-16-14-27(15-17-28)22-10-8-21(9-11-22)26-12-4-3-5-13-26/h6-11,18H,3-5,12-17H2,1-2H3,(H,25,29). The maximum Gasteiger partial charge on any atom is 0.321 e. The van der Waals surface area contributed by atoms with Crippen LogP contribution in [0, 0.1) is 13.8 Å². The molecule has 0 atom stereocenters. The number of rotatable bonds is 3. The molecule has 0 aliphatic carbocycles. The zero-order chi connectivity index (χ0) is 20.2. The molecule has 5 nitrogen and oxygen atoms in total.